The highest BCUT2D eigenvalue weighted by molar-refractivity contribution is 7.92. The van der Waals surface area contributed by atoms with Crippen LogP contribution in [0.5, 0.6) is 0 Å². The van der Waals surface area contributed by atoms with Crippen LogP contribution in [0.15, 0.2) is 48.5 Å². The molecular weight excluding hydrogens is 336 g/mol. The number of carbonyl (C=O) groups is 1. The summed E-state index contributed by atoms with van der Waals surface area (Å²) < 4.78 is 24.3. The van der Waals surface area contributed by atoms with Gasteiger partial charge in [0.1, 0.15) is 0 Å². The van der Waals surface area contributed by atoms with Crippen molar-refractivity contribution < 1.29 is 13.2 Å². The molecule has 1 atom stereocenters. The Morgan fingerprint density at radius 1 is 1.12 bits per heavy atom. The minimum Gasteiger partial charge on any atom is -0.345 e. The maximum atomic E-state index is 12.6. The first kappa shape index (κ1) is 17.5. The third-order valence-corrected chi connectivity index (χ3v) is 5.87. The summed E-state index contributed by atoms with van der Waals surface area (Å²) in [7, 11) is -1.82. The topological polar surface area (TPSA) is 66.5 Å². The Balaban J connectivity index is 1.75. The van der Waals surface area contributed by atoms with Gasteiger partial charge in [0.25, 0.3) is 5.91 Å². The van der Waals surface area contributed by atoms with Crippen LogP contribution in [0, 0.1) is 0 Å². The molecule has 0 heterocycles. The fourth-order valence-corrected chi connectivity index (χ4v) is 3.66. The number of anilines is 1. The summed E-state index contributed by atoms with van der Waals surface area (Å²) in [5.74, 6) is -0.143. The zero-order valence-electron chi connectivity index (χ0n) is 14.4. The van der Waals surface area contributed by atoms with Crippen LogP contribution in [0.4, 0.5) is 5.69 Å². The van der Waals surface area contributed by atoms with E-state index in [0.29, 0.717) is 11.3 Å². The van der Waals surface area contributed by atoms with Gasteiger partial charge in [-0.25, -0.2) is 8.42 Å². The van der Waals surface area contributed by atoms with E-state index in [9.17, 15) is 13.2 Å². The largest absolute Gasteiger partial charge is 0.345 e. The Morgan fingerprint density at radius 3 is 2.48 bits per heavy atom. The fraction of sp³-hybridized carbons (Fsp3) is 0.316. The van der Waals surface area contributed by atoms with E-state index in [1.807, 2.05) is 12.1 Å². The summed E-state index contributed by atoms with van der Waals surface area (Å²) in [5.41, 5.74) is 3.54. The predicted octanol–water partition coefficient (Wildman–Crippen LogP) is 2.89. The van der Waals surface area contributed by atoms with Crippen molar-refractivity contribution in [2.75, 3.05) is 17.6 Å². The van der Waals surface area contributed by atoms with Gasteiger partial charge < -0.3 is 5.32 Å². The van der Waals surface area contributed by atoms with E-state index in [-0.39, 0.29) is 11.9 Å². The Bertz CT molecular complexity index is 876. The van der Waals surface area contributed by atoms with E-state index in [0.717, 1.165) is 25.5 Å². The number of hydrogen-bond donors (Lipinski definition) is 1. The number of nitrogens with zero attached hydrogens (tertiary/aromatic N) is 1. The number of benzene rings is 2. The highest BCUT2D eigenvalue weighted by Gasteiger charge is 2.22. The summed E-state index contributed by atoms with van der Waals surface area (Å²) in [4.78, 5) is 12.6. The molecule has 0 aromatic heterocycles. The van der Waals surface area contributed by atoms with Gasteiger partial charge in [0.2, 0.25) is 10.0 Å². The first-order chi connectivity index (χ1) is 11.9. The molecule has 0 saturated heterocycles. The Hall–Kier alpha value is -2.34. The van der Waals surface area contributed by atoms with Crippen molar-refractivity contribution in [3.05, 3.63) is 65.2 Å². The highest BCUT2D eigenvalue weighted by atomic mass is 32.2. The summed E-state index contributed by atoms with van der Waals surface area (Å²) >= 11 is 0. The number of carbonyl (C=O) groups excluding carboxylic acids is 1. The van der Waals surface area contributed by atoms with Crippen LogP contribution in [0.1, 0.15) is 40.4 Å². The molecule has 1 aliphatic carbocycles. The lowest BCUT2D eigenvalue weighted by atomic mass is 9.87. The van der Waals surface area contributed by atoms with Gasteiger partial charge in [-0.1, -0.05) is 24.3 Å². The van der Waals surface area contributed by atoms with Gasteiger partial charge in [-0.3, -0.25) is 9.10 Å². The van der Waals surface area contributed by atoms with Crippen molar-refractivity contribution in [3.8, 4) is 0 Å². The SMILES string of the molecule is CN(c1ccc(C(=O)NC2CCCc3ccccc32)cc1)S(C)(=O)=O. The molecular formula is C19H22N2O3S. The Morgan fingerprint density at radius 2 is 1.80 bits per heavy atom. The van der Waals surface area contributed by atoms with Crippen LogP contribution in [-0.4, -0.2) is 27.6 Å². The number of rotatable bonds is 4. The van der Waals surface area contributed by atoms with Gasteiger partial charge in [0, 0.05) is 12.6 Å². The molecule has 1 N–H and O–H groups in total. The molecule has 0 spiro atoms. The van der Waals surface area contributed by atoms with E-state index in [1.54, 1.807) is 24.3 Å². The van der Waals surface area contributed by atoms with Gasteiger partial charge in [0.15, 0.2) is 0 Å². The molecule has 1 unspecified atom stereocenters. The van der Waals surface area contributed by atoms with Gasteiger partial charge in [-0.15, -0.1) is 0 Å². The average molecular weight is 358 g/mol. The van der Waals surface area contributed by atoms with Gasteiger partial charge in [-0.2, -0.15) is 0 Å². The Kier molecular flexibility index (Phi) is 4.81. The second-order valence-electron chi connectivity index (χ2n) is 6.39. The van der Waals surface area contributed by atoms with Crippen molar-refractivity contribution in [1.82, 2.24) is 5.32 Å². The first-order valence-corrected chi connectivity index (χ1v) is 10.1. The number of fused-ring (bicyclic) bond motifs is 1. The molecule has 0 fully saturated rings. The van der Waals surface area contributed by atoms with E-state index in [4.69, 9.17) is 0 Å². The van der Waals surface area contributed by atoms with Crippen molar-refractivity contribution in [2.45, 2.75) is 25.3 Å². The molecule has 0 aliphatic heterocycles. The zero-order chi connectivity index (χ0) is 18.0. The summed E-state index contributed by atoms with van der Waals surface area (Å²) in [5, 5.41) is 3.10. The minimum atomic E-state index is -3.31. The van der Waals surface area contributed by atoms with Crippen molar-refractivity contribution in [3.63, 3.8) is 0 Å². The van der Waals surface area contributed by atoms with Crippen molar-refractivity contribution in [2.24, 2.45) is 0 Å². The number of aryl methyl sites for hydroxylation is 1. The number of sulfonamides is 1. The lowest BCUT2D eigenvalue weighted by Crippen LogP contribution is -2.31. The van der Waals surface area contributed by atoms with Gasteiger partial charge in [0.05, 0.1) is 18.0 Å². The summed E-state index contributed by atoms with van der Waals surface area (Å²) in [6, 6.07) is 14.8. The molecule has 5 nitrogen and oxygen atoms in total. The van der Waals surface area contributed by atoms with E-state index < -0.39 is 10.0 Å². The molecule has 0 bridgehead atoms. The quantitative estimate of drug-likeness (QED) is 0.914. The van der Waals surface area contributed by atoms with Crippen LogP contribution >= 0.6 is 0 Å². The second kappa shape index (κ2) is 6.88. The van der Waals surface area contributed by atoms with Crippen molar-refractivity contribution >= 4 is 21.6 Å². The van der Waals surface area contributed by atoms with Crippen LogP contribution < -0.4 is 9.62 Å². The third kappa shape index (κ3) is 3.85. The highest BCUT2D eigenvalue weighted by Crippen LogP contribution is 2.29. The van der Waals surface area contributed by atoms with Crippen LogP contribution in [0.25, 0.3) is 0 Å². The molecule has 1 amide bonds. The van der Waals surface area contributed by atoms with Gasteiger partial charge >= 0.3 is 0 Å². The monoisotopic (exact) mass is 358 g/mol. The summed E-state index contributed by atoms with van der Waals surface area (Å²) in [6.45, 7) is 0. The van der Waals surface area contributed by atoms with Gasteiger partial charge in [-0.05, 0) is 54.7 Å². The molecule has 0 radical (unpaired) electrons. The molecule has 6 heteroatoms. The maximum absolute atomic E-state index is 12.6. The normalized spacial score (nSPS) is 16.8. The molecule has 1 aliphatic rings. The van der Waals surface area contributed by atoms with Crippen LogP contribution in [0.2, 0.25) is 0 Å². The van der Waals surface area contributed by atoms with E-state index >= 15 is 0 Å². The molecule has 2 aromatic rings. The lowest BCUT2D eigenvalue weighted by Gasteiger charge is -2.26. The maximum Gasteiger partial charge on any atom is 0.251 e. The zero-order valence-corrected chi connectivity index (χ0v) is 15.2. The molecule has 132 valence electrons. The lowest BCUT2D eigenvalue weighted by molar-refractivity contribution is 0.0933. The van der Waals surface area contributed by atoms with Crippen molar-refractivity contribution in [1.29, 1.82) is 0 Å². The number of nitrogens with one attached hydrogen (secondary N) is 1. The molecule has 3 rings (SSSR count). The molecule has 2 aromatic carbocycles. The fourth-order valence-electron chi connectivity index (χ4n) is 3.16. The smallest absolute Gasteiger partial charge is 0.251 e. The second-order valence-corrected chi connectivity index (χ2v) is 8.41. The predicted molar refractivity (Wildman–Crippen MR) is 99.3 cm³/mol. The third-order valence-electron chi connectivity index (χ3n) is 4.67. The Labute approximate surface area is 148 Å². The number of amides is 1. The number of hydrogen-bond acceptors (Lipinski definition) is 3. The van der Waals surface area contributed by atoms with Crippen LogP contribution in [-0.2, 0) is 16.4 Å². The minimum absolute atomic E-state index is 0.0239. The first-order valence-electron chi connectivity index (χ1n) is 8.29. The van der Waals surface area contributed by atoms with E-state index in [2.05, 4.69) is 17.4 Å². The van der Waals surface area contributed by atoms with E-state index in [1.165, 1.54) is 22.5 Å². The molecule has 25 heavy (non-hydrogen) atoms. The van der Waals surface area contributed by atoms with Crippen LogP contribution in [0.3, 0.4) is 0 Å². The summed E-state index contributed by atoms with van der Waals surface area (Å²) in [6.07, 6.45) is 4.18. The average Bonchev–Trinajstić information content (AvgIpc) is 2.61. The molecule has 0 saturated carbocycles. The standard InChI is InChI=1S/C19H22N2O3S/c1-21(25(2,23)24)16-12-10-15(11-13-16)19(22)20-18-9-5-7-14-6-3-4-8-17(14)18/h3-4,6,8,10-13,18H,5,7,9H2,1-2H3,(H,20,22).